The van der Waals surface area contributed by atoms with Crippen molar-refractivity contribution in [3.05, 3.63) is 129 Å². The van der Waals surface area contributed by atoms with E-state index in [1.54, 1.807) is 18.2 Å². The van der Waals surface area contributed by atoms with Crippen molar-refractivity contribution in [2.75, 3.05) is 6.61 Å². The van der Waals surface area contributed by atoms with Crippen LogP contribution in [-0.4, -0.2) is 12.6 Å². The highest BCUT2D eigenvalue weighted by atomic mass is 35.5. The average Bonchev–Trinajstić information content (AvgIpc) is 3.35. The summed E-state index contributed by atoms with van der Waals surface area (Å²) < 4.78 is 24.5. The van der Waals surface area contributed by atoms with Crippen LogP contribution in [0.1, 0.15) is 44.8 Å². The Morgan fingerprint density at radius 1 is 1.02 bits per heavy atom. The van der Waals surface area contributed by atoms with Gasteiger partial charge >= 0.3 is 5.97 Å². The van der Waals surface area contributed by atoms with Gasteiger partial charge in [-0.05, 0) is 54.8 Å². The molecule has 9 heteroatoms. The van der Waals surface area contributed by atoms with Crippen molar-refractivity contribution in [3.63, 3.8) is 0 Å². The maximum Gasteiger partial charge on any atom is 0.355 e. The number of hydrogen-bond donors (Lipinski definition) is 1. The van der Waals surface area contributed by atoms with Crippen LogP contribution in [0, 0.1) is 18.3 Å². The summed E-state index contributed by atoms with van der Waals surface area (Å²) in [6.07, 6.45) is 0. The van der Waals surface area contributed by atoms with E-state index in [1.807, 2.05) is 80.6 Å². The summed E-state index contributed by atoms with van der Waals surface area (Å²) >= 11 is 7.81. The van der Waals surface area contributed by atoms with Crippen LogP contribution < -0.4 is 24.7 Å². The van der Waals surface area contributed by atoms with E-state index in [2.05, 4.69) is 6.07 Å². The zero-order chi connectivity index (χ0) is 30.8. The minimum Gasteiger partial charge on any atom is -0.490 e. The fourth-order valence-electron chi connectivity index (χ4n) is 5.13. The predicted molar refractivity (Wildman–Crippen MR) is 171 cm³/mol. The van der Waals surface area contributed by atoms with Gasteiger partial charge in [0.1, 0.15) is 34.6 Å². The number of aryl methyl sites for hydroxylation is 1. The molecule has 0 saturated heterocycles. The molecular formula is C35H27ClN2O5S. The lowest BCUT2D eigenvalue weighted by atomic mass is 9.83. The SMILES string of the molecule is CCOc1cc(C2C(C#N)=C(N)Oc3cc(OC(=O)c4sc5cc(C)ccc5c4Cl)ccc32)ccc1OCc1ccccc1. The zero-order valence-electron chi connectivity index (χ0n) is 23.9. The summed E-state index contributed by atoms with van der Waals surface area (Å²) in [7, 11) is 0. The van der Waals surface area contributed by atoms with Crippen LogP contribution in [0.25, 0.3) is 10.1 Å². The normalized spacial score (nSPS) is 14.0. The first kappa shape index (κ1) is 29.1. The molecule has 1 aromatic heterocycles. The van der Waals surface area contributed by atoms with E-state index in [9.17, 15) is 10.1 Å². The molecule has 0 fully saturated rings. The Hall–Kier alpha value is -4.97. The number of allylic oxidation sites excluding steroid dienone is 1. The Balaban J connectivity index is 1.30. The highest BCUT2D eigenvalue weighted by molar-refractivity contribution is 7.21. The number of nitrogens with zero attached hydrogens (tertiary/aromatic N) is 1. The maximum absolute atomic E-state index is 13.1. The van der Waals surface area contributed by atoms with Crippen molar-refractivity contribution in [2.45, 2.75) is 26.4 Å². The number of ether oxygens (including phenoxy) is 4. The third kappa shape index (κ3) is 5.68. The van der Waals surface area contributed by atoms with Crippen LogP contribution in [0.5, 0.6) is 23.0 Å². The van der Waals surface area contributed by atoms with E-state index < -0.39 is 11.9 Å². The van der Waals surface area contributed by atoms with Crippen molar-refractivity contribution in [2.24, 2.45) is 5.73 Å². The van der Waals surface area contributed by atoms with E-state index in [-0.39, 0.29) is 17.2 Å². The van der Waals surface area contributed by atoms with Crippen LogP contribution in [-0.2, 0) is 6.61 Å². The molecular weight excluding hydrogens is 596 g/mol. The molecule has 2 N–H and O–H groups in total. The average molecular weight is 623 g/mol. The summed E-state index contributed by atoms with van der Waals surface area (Å²) in [5.74, 6) is 0.609. The van der Waals surface area contributed by atoms with Gasteiger partial charge in [0.25, 0.3) is 0 Å². The van der Waals surface area contributed by atoms with Crippen LogP contribution in [0.4, 0.5) is 0 Å². The van der Waals surface area contributed by atoms with Gasteiger partial charge in [0.15, 0.2) is 11.5 Å². The molecule has 7 nitrogen and oxygen atoms in total. The minimum atomic E-state index is -0.574. The van der Waals surface area contributed by atoms with Gasteiger partial charge in [-0.25, -0.2) is 4.79 Å². The molecule has 2 heterocycles. The predicted octanol–water partition coefficient (Wildman–Crippen LogP) is 8.28. The lowest BCUT2D eigenvalue weighted by Gasteiger charge is -2.27. The van der Waals surface area contributed by atoms with E-state index in [0.29, 0.717) is 45.9 Å². The first-order valence-electron chi connectivity index (χ1n) is 13.9. The van der Waals surface area contributed by atoms with Gasteiger partial charge in [0, 0.05) is 21.7 Å². The van der Waals surface area contributed by atoms with Crippen LogP contribution in [0.3, 0.4) is 0 Å². The summed E-state index contributed by atoms with van der Waals surface area (Å²) in [5.41, 5.74) is 10.1. The van der Waals surface area contributed by atoms with E-state index in [4.69, 9.17) is 36.3 Å². The number of carbonyl (C=O) groups excluding carboxylic acids is 1. The molecule has 0 saturated carbocycles. The monoisotopic (exact) mass is 622 g/mol. The number of thiophene rings is 1. The largest absolute Gasteiger partial charge is 0.490 e. The maximum atomic E-state index is 13.1. The molecule has 0 spiro atoms. The number of hydrogen-bond acceptors (Lipinski definition) is 8. The Bertz CT molecular complexity index is 1960. The summed E-state index contributed by atoms with van der Waals surface area (Å²) in [5, 5.41) is 11.2. The molecule has 0 amide bonds. The number of esters is 1. The highest BCUT2D eigenvalue weighted by Crippen LogP contribution is 2.45. The molecule has 220 valence electrons. The molecule has 0 radical (unpaired) electrons. The fourth-order valence-corrected chi connectivity index (χ4v) is 6.61. The van der Waals surface area contributed by atoms with Gasteiger partial charge in [0.2, 0.25) is 5.88 Å². The third-order valence-corrected chi connectivity index (χ3v) is 8.85. The van der Waals surface area contributed by atoms with Gasteiger partial charge in [-0.15, -0.1) is 11.3 Å². The smallest absolute Gasteiger partial charge is 0.355 e. The van der Waals surface area contributed by atoms with Gasteiger partial charge in [-0.3, -0.25) is 0 Å². The zero-order valence-corrected chi connectivity index (χ0v) is 25.5. The van der Waals surface area contributed by atoms with E-state index >= 15 is 0 Å². The van der Waals surface area contributed by atoms with Crippen molar-refractivity contribution in [1.82, 2.24) is 0 Å². The van der Waals surface area contributed by atoms with Crippen LogP contribution in [0.15, 0.2) is 96.4 Å². The number of carbonyl (C=O) groups is 1. The minimum absolute atomic E-state index is 0.0289. The lowest BCUT2D eigenvalue weighted by Crippen LogP contribution is -2.21. The Labute approximate surface area is 263 Å². The first-order chi connectivity index (χ1) is 21.4. The Morgan fingerprint density at radius 2 is 1.84 bits per heavy atom. The third-order valence-electron chi connectivity index (χ3n) is 7.21. The van der Waals surface area contributed by atoms with Crippen LogP contribution >= 0.6 is 22.9 Å². The van der Waals surface area contributed by atoms with E-state index in [1.165, 1.54) is 11.3 Å². The number of benzene rings is 4. The second-order valence-corrected chi connectivity index (χ2v) is 11.6. The standard InChI is InChI=1S/C35H27ClN2O5S/c1-3-40-29-16-22(10-14-27(29)41-19-21-7-5-4-6-8-21)31-24-13-11-23(17-28(24)43-34(38)26(31)18-37)42-35(39)33-32(36)25-12-9-20(2)15-30(25)44-33/h4-17,31H,3,19,38H2,1-2H3. The molecule has 44 heavy (non-hydrogen) atoms. The van der Waals surface area contributed by atoms with Gasteiger partial charge in [-0.2, -0.15) is 5.26 Å². The topological polar surface area (TPSA) is 104 Å². The highest BCUT2D eigenvalue weighted by Gasteiger charge is 2.32. The summed E-state index contributed by atoms with van der Waals surface area (Å²) in [6, 6.07) is 28.5. The number of rotatable bonds is 8. The molecule has 1 aliphatic rings. The first-order valence-corrected chi connectivity index (χ1v) is 15.1. The second-order valence-electron chi connectivity index (χ2n) is 10.2. The Morgan fingerprint density at radius 3 is 2.61 bits per heavy atom. The summed E-state index contributed by atoms with van der Waals surface area (Å²) in [4.78, 5) is 13.5. The molecule has 1 aliphatic heterocycles. The number of nitrogens with two attached hydrogens (primary N) is 1. The van der Waals surface area contributed by atoms with Crippen molar-refractivity contribution in [3.8, 4) is 29.1 Å². The number of halogens is 1. The van der Waals surface area contributed by atoms with Crippen molar-refractivity contribution >= 4 is 39.0 Å². The number of nitriles is 1. The number of fused-ring (bicyclic) bond motifs is 2. The van der Waals surface area contributed by atoms with Crippen molar-refractivity contribution in [1.29, 1.82) is 5.26 Å². The summed E-state index contributed by atoms with van der Waals surface area (Å²) in [6.45, 7) is 4.68. The van der Waals surface area contributed by atoms with Gasteiger partial charge in [0.05, 0.1) is 17.5 Å². The molecule has 1 unspecified atom stereocenters. The molecule has 6 rings (SSSR count). The Kier molecular flexibility index (Phi) is 8.16. The molecule has 4 aromatic carbocycles. The lowest BCUT2D eigenvalue weighted by molar-refractivity contribution is 0.0740. The molecule has 0 aliphatic carbocycles. The quantitative estimate of drug-likeness (QED) is 0.137. The van der Waals surface area contributed by atoms with Crippen LogP contribution in [0.2, 0.25) is 5.02 Å². The van der Waals surface area contributed by atoms with Gasteiger partial charge < -0.3 is 24.7 Å². The fraction of sp³-hybridized carbons (Fsp3) is 0.143. The molecule has 5 aromatic rings. The molecule has 0 bridgehead atoms. The van der Waals surface area contributed by atoms with Crippen molar-refractivity contribution < 1.29 is 23.7 Å². The molecule has 1 atom stereocenters. The van der Waals surface area contributed by atoms with Gasteiger partial charge in [-0.1, -0.05) is 66.2 Å². The second kappa shape index (κ2) is 12.3. The van der Waals surface area contributed by atoms with E-state index in [0.717, 1.165) is 26.8 Å².